The fourth-order valence-electron chi connectivity index (χ4n) is 2.66. The molecule has 92 valence electrons. The van der Waals surface area contributed by atoms with Crippen LogP contribution in [0.3, 0.4) is 0 Å². The van der Waals surface area contributed by atoms with Crippen LogP contribution >= 0.6 is 0 Å². The summed E-state index contributed by atoms with van der Waals surface area (Å²) in [6.07, 6.45) is 2.87. The zero-order valence-electron chi connectivity index (χ0n) is 11.5. The highest BCUT2D eigenvalue weighted by atomic mass is 28.3. The molecule has 16 heavy (non-hydrogen) atoms. The number of carbonyl (C=O) groups excluding carboxylic acids is 1. The minimum absolute atomic E-state index is 0.0619. The Balaban J connectivity index is 3.02. The van der Waals surface area contributed by atoms with Crippen LogP contribution < -0.4 is 0 Å². The lowest BCUT2D eigenvalue weighted by atomic mass is 9.80. The van der Waals surface area contributed by atoms with Gasteiger partial charge >= 0.3 is 0 Å². The van der Waals surface area contributed by atoms with E-state index in [-0.39, 0.29) is 10.6 Å². The fraction of sp³-hybridized carbons (Fsp3) is 0.769. The molecule has 0 spiro atoms. The number of hydrogen-bond acceptors (Lipinski definition) is 1. The Morgan fingerprint density at radius 3 is 2.31 bits per heavy atom. The van der Waals surface area contributed by atoms with E-state index in [0.717, 1.165) is 6.42 Å². The number of nitrogens with zero attached hydrogens (tertiary/aromatic N) is 1. The maximum absolute atomic E-state index is 12.4. The molecule has 0 aromatic heterocycles. The van der Waals surface area contributed by atoms with Gasteiger partial charge in [-0.15, -0.1) is 6.58 Å². The molecule has 1 heterocycles. The SMILES string of the molecule is C=CCC1N(C(C)(C)C)C(=O)C1(C)[SiH](C)C. The summed E-state index contributed by atoms with van der Waals surface area (Å²) in [5.41, 5.74) is -0.0619. The van der Waals surface area contributed by atoms with Crippen LogP contribution in [-0.4, -0.2) is 31.2 Å². The first-order valence-electron chi connectivity index (χ1n) is 6.12. The highest BCUT2D eigenvalue weighted by Crippen LogP contribution is 2.52. The smallest absolute Gasteiger partial charge is 0.228 e. The molecule has 2 nitrogen and oxygen atoms in total. The van der Waals surface area contributed by atoms with Crippen molar-refractivity contribution in [1.82, 2.24) is 4.90 Å². The van der Waals surface area contributed by atoms with Gasteiger partial charge in [0.25, 0.3) is 0 Å². The fourth-order valence-corrected chi connectivity index (χ4v) is 4.35. The van der Waals surface area contributed by atoms with Crippen LogP contribution in [0.15, 0.2) is 12.7 Å². The van der Waals surface area contributed by atoms with Crippen LogP contribution in [0, 0.1) is 0 Å². The highest BCUT2D eigenvalue weighted by molar-refractivity contribution is 6.65. The van der Waals surface area contributed by atoms with Crippen molar-refractivity contribution in [3.63, 3.8) is 0 Å². The van der Waals surface area contributed by atoms with Gasteiger partial charge in [-0.3, -0.25) is 4.79 Å². The Hall–Kier alpha value is -0.573. The molecule has 3 heteroatoms. The molecule has 2 atom stereocenters. The van der Waals surface area contributed by atoms with Gasteiger partial charge in [-0.1, -0.05) is 26.1 Å². The molecule has 1 amide bonds. The van der Waals surface area contributed by atoms with Gasteiger partial charge in [-0.2, -0.15) is 0 Å². The van der Waals surface area contributed by atoms with Crippen molar-refractivity contribution in [2.75, 3.05) is 0 Å². The largest absolute Gasteiger partial charge is 0.334 e. The second-order valence-corrected chi connectivity index (χ2v) is 9.83. The molecule has 0 bridgehead atoms. The Bertz CT molecular complexity index is 306. The summed E-state index contributed by atoms with van der Waals surface area (Å²) >= 11 is 0. The molecule has 1 rings (SSSR count). The molecule has 0 aliphatic carbocycles. The van der Waals surface area contributed by atoms with E-state index < -0.39 is 8.80 Å². The molecular weight excluding hydrogens is 214 g/mol. The average molecular weight is 239 g/mol. The molecule has 1 aliphatic rings. The molecule has 0 radical (unpaired) electrons. The van der Waals surface area contributed by atoms with Crippen LogP contribution in [-0.2, 0) is 4.79 Å². The van der Waals surface area contributed by atoms with E-state index in [0.29, 0.717) is 11.9 Å². The highest BCUT2D eigenvalue weighted by Gasteiger charge is 2.60. The molecular formula is C13H25NOSi. The summed E-state index contributed by atoms with van der Waals surface area (Å²) in [5.74, 6) is 0.355. The lowest BCUT2D eigenvalue weighted by Crippen LogP contribution is -2.72. The topological polar surface area (TPSA) is 20.3 Å². The Kier molecular flexibility index (Phi) is 3.39. The van der Waals surface area contributed by atoms with Crippen LogP contribution in [0.1, 0.15) is 34.1 Å². The number of β-lactam (4-membered cyclic amide) rings is 1. The maximum atomic E-state index is 12.4. The van der Waals surface area contributed by atoms with Crippen molar-refractivity contribution >= 4 is 14.7 Å². The maximum Gasteiger partial charge on any atom is 0.228 e. The van der Waals surface area contributed by atoms with E-state index in [2.05, 4.69) is 52.3 Å². The summed E-state index contributed by atoms with van der Waals surface area (Å²) in [7, 11) is -0.989. The number of likely N-dealkylation sites (tertiary alicyclic amines) is 1. The lowest BCUT2D eigenvalue weighted by molar-refractivity contribution is -0.162. The quantitative estimate of drug-likeness (QED) is 0.421. The van der Waals surface area contributed by atoms with Gasteiger partial charge in [0.15, 0.2) is 0 Å². The van der Waals surface area contributed by atoms with Gasteiger partial charge in [-0.05, 0) is 27.2 Å². The first kappa shape index (κ1) is 13.5. The van der Waals surface area contributed by atoms with Gasteiger partial charge in [0.2, 0.25) is 5.91 Å². The zero-order valence-corrected chi connectivity index (χ0v) is 12.7. The molecule has 2 unspecified atom stereocenters. The summed E-state index contributed by atoms with van der Waals surface area (Å²) in [6, 6.07) is 0.365. The molecule has 0 aromatic carbocycles. The predicted octanol–water partition coefficient (Wildman–Crippen LogP) is 2.82. The third kappa shape index (κ3) is 1.75. The van der Waals surface area contributed by atoms with E-state index >= 15 is 0 Å². The molecule has 0 N–H and O–H groups in total. The summed E-state index contributed by atoms with van der Waals surface area (Å²) < 4.78 is 0. The van der Waals surface area contributed by atoms with Gasteiger partial charge in [0.1, 0.15) is 0 Å². The number of carbonyl (C=O) groups is 1. The minimum atomic E-state index is -0.989. The van der Waals surface area contributed by atoms with Crippen LogP contribution in [0.2, 0.25) is 18.1 Å². The van der Waals surface area contributed by atoms with E-state index in [1.807, 2.05) is 6.08 Å². The first-order valence-corrected chi connectivity index (χ1v) is 9.00. The van der Waals surface area contributed by atoms with Gasteiger partial charge in [0.05, 0.1) is 13.8 Å². The second kappa shape index (κ2) is 4.02. The molecule has 1 fully saturated rings. The van der Waals surface area contributed by atoms with Crippen LogP contribution in [0.5, 0.6) is 0 Å². The standard InChI is InChI=1S/C13H25NOSi/c1-8-9-10-13(5,16(6)7)11(15)14(10)12(2,3)4/h8,10,16H,1,9H2,2-7H3. The summed E-state index contributed by atoms with van der Waals surface area (Å²) in [6.45, 7) is 16.9. The molecule has 1 saturated heterocycles. The minimum Gasteiger partial charge on any atom is -0.334 e. The van der Waals surface area contributed by atoms with Gasteiger partial charge in [0, 0.05) is 11.6 Å². The van der Waals surface area contributed by atoms with Gasteiger partial charge in [-0.25, -0.2) is 0 Å². The van der Waals surface area contributed by atoms with Crippen molar-refractivity contribution in [2.45, 2.75) is 63.8 Å². The van der Waals surface area contributed by atoms with Crippen LogP contribution in [0.25, 0.3) is 0 Å². The van der Waals surface area contributed by atoms with E-state index in [1.54, 1.807) is 0 Å². The van der Waals surface area contributed by atoms with E-state index in [4.69, 9.17) is 0 Å². The number of amides is 1. The van der Waals surface area contributed by atoms with E-state index in [9.17, 15) is 4.79 Å². The normalized spacial score (nSPS) is 30.6. The van der Waals surface area contributed by atoms with Crippen molar-refractivity contribution < 1.29 is 4.79 Å². The van der Waals surface area contributed by atoms with Crippen LogP contribution in [0.4, 0.5) is 0 Å². The van der Waals surface area contributed by atoms with Gasteiger partial charge < -0.3 is 4.90 Å². The van der Waals surface area contributed by atoms with Crippen molar-refractivity contribution in [2.24, 2.45) is 0 Å². The Labute approximate surface area is 101 Å². The summed E-state index contributed by atoms with van der Waals surface area (Å²) in [4.78, 5) is 14.4. The average Bonchev–Trinajstić information content (AvgIpc) is 2.13. The van der Waals surface area contributed by atoms with E-state index in [1.165, 1.54) is 0 Å². The monoisotopic (exact) mass is 239 g/mol. The molecule has 0 aromatic rings. The third-order valence-electron chi connectivity index (χ3n) is 4.00. The molecule has 0 saturated carbocycles. The Morgan fingerprint density at radius 1 is 1.50 bits per heavy atom. The third-order valence-corrected chi connectivity index (χ3v) is 7.03. The predicted molar refractivity (Wildman–Crippen MR) is 72.4 cm³/mol. The zero-order chi connectivity index (χ0) is 12.7. The first-order chi connectivity index (χ1) is 7.17. The van der Waals surface area contributed by atoms with Crippen molar-refractivity contribution in [1.29, 1.82) is 0 Å². The number of rotatable bonds is 3. The summed E-state index contributed by atoms with van der Waals surface area (Å²) in [5, 5.41) is -0.0680. The van der Waals surface area contributed by atoms with Crippen molar-refractivity contribution in [3.8, 4) is 0 Å². The second-order valence-electron chi connectivity index (χ2n) is 6.32. The van der Waals surface area contributed by atoms with Crippen molar-refractivity contribution in [3.05, 3.63) is 12.7 Å². The molecule has 1 aliphatic heterocycles. The lowest BCUT2D eigenvalue weighted by Gasteiger charge is -2.61. The number of hydrogen-bond donors (Lipinski definition) is 0. The Morgan fingerprint density at radius 2 is 2.00 bits per heavy atom.